The minimum absolute atomic E-state index is 0.0166. The van der Waals surface area contributed by atoms with Crippen LogP contribution in [0, 0.1) is 19.7 Å². The summed E-state index contributed by atoms with van der Waals surface area (Å²) in [7, 11) is 0. The maximum atomic E-state index is 13.7. The molecule has 1 N–H and O–H groups in total. The van der Waals surface area contributed by atoms with Crippen molar-refractivity contribution in [1.82, 2.24) is 14.4 Å². The summed E-state index contributed by atoms with van der Waals surface area (Å²) >= 11 is 0. The smallest absolute Gasteiger partial charge is 0.325 e. The molecule has 3 aromatic rings. The number of rotatable bonds is 5. The molecule has 0 aliphatic rings. The first-order valence-electron chi connectivity index (χ1n) is 8.01. The number of fused-ring (bicyclic) bond motifs is 1. The molecule has 6 nitrogen and oxygen atoms in total. The molecule has 130 valence electrons. The Kier molecular flexibility index (Phi) is 4.65. The van der Waals surface area contributed by atoms with Gasteiger partial charge in [0.05, 0.1) is 6.61 Å². The predicted octanol–water partition coefficient (Wildman–Crippen LogP) is 3.13. The van der Waals surface area contributed by atoms with Crippen molar-refractivity contribution in [3.63, 3.8) is 0 Å². The highest BCUT2D eigenvalue weighted by atomic mass is 19.1. The van der Waals surface area contributed by atoms with Crippen molar-refractivity contribution in [3.05, 3.63) is 47.5 Å². The van der Waals surface area contributed by atoms with E-state index in [0.717, 1.165) is 11.4 Å². The van der Waals surface area contributed by atoms with Gasteiger partial charge in [-0.2, -0.15) is 0 Å². The number of carbonyl (C=O) groups is 1. The van der Waals surface area contributed by atoms with E-state index in [0.29, 0.717) is 29.5 Å². The Bertz CT molecular complexity index is 936. The van der Waals surface area contributed by atoms with Crippen molar-refractivity contribution >= 4 is 17.6 Å². The van der Waals surface area contributed by atoms with E-state index < -0.39 is 0 Å². The van der Waals surface area contributed by atoms with Gasteiger partial charge in [-0.25, -0.2) is 14.4 Å². The molecule has 0 fully saturated rings. The van der Waals surface area contributed by atoms with Crippen LogP contribution in [-0.4, -0.2) is 33.5 Å². The lowest BCUT2D eigenvalue weighted by Crippen LogP contribution is -2.18. The molecule has 0 amide bonds. The number of anilines is 1. The van der Waals surface area contributed by atoms with Gasteiger partial charge in [0.1, 0.15) is 23.9 Å². The van der Waals surface area contributed by atoms with Crippen molar-refractivity contribution in [2.75, 3.05) is 18.5 Å². The third kappa shape index (κ3) is 3.45. The lowest BCUT2D eigenvalue weighted by molar-refractivity contribution is -0.140. The van der Waals surface area contributed by atoms with E-state index in [4.69, 9.17) is 4.74 Å². The second-order valence-corrected chi connectivity index (χ2v) is 5.65. The molecule has 2 heterocycles. The number of esters is 1. The first-order chi connectivity index (χ1) is 12.0. The number of hydrogen-bond acceptors (Lipinski definition) is 5. The van der Waals surface area contributed by atoms with Crippen molar-refractivity contribution in [2.45, 2.75) is 20.8 Å². The Labute approximate surface area is 144 Å². The maximum Gasteiger partial charge on any atom is 0.325 e. The third-order valence-electron chi connectivity index (χ3n) is 3.71. The summed E-state index contributed by atoms with van der Waals surface area (Å²) in [6.07, 6.45) is 0. The van der Waals surface area contributed by atoms with E-state index in [1.807, 2.05) is 24.3 Å². The zero-order chi connectivity index (χ0) is 18.0. The molecule has 0 saturated carbocycles. The molecule has 0 unspecified atom stereocenters. The summed E-state index contributed by atoms with van der Waals surface area (Å²) in [5, 5.41) is 3.06. The van der Waals surface area contributed by atoms with E-state index in [-0.39, 0.29) is 18.3 Å². The van der Waals surface area contributed by atoms with Gasteiger partial charge in [0.25, 0.3) is 0 Å². The number of nitrogens with one attached hydrogen (secondary N) is 1. The van der Waals surface area contributed by atoms with Crippen molar-refractivity contribution < 1.29 is 13.9 Å². The molecular formula is C18H19FN4O2. The molecule has 0 spiro atoms. The number of aryl methyl sites for hydroxylation is 2. The van der Waals surface area contributed by atoms with Gasteiger partial charge in [0.2, 0.25) is 5.78 Å². The van der Waals surface area contributed by atoms with Gasteiger partial charge in [-0.15, -0.1) is 0 Å². The normalized spacial score (nSPS) is 10.9. The Balaban J connectivity index is 2.13. The monoisotopic (exact) mass is 342 g/mol. The van der Waals surface area contributed by atoms with Crippen molar-refractivity contribution in [3.8, 4) is 11.3 Å². The van der Waals surface area contributed by atoms with Gasteiger partial charge in [0.15, 0.2) is 0 Å². The number of nitrogens with zero attached hydrogens (tertiary/aromatic N) is 3. The minimum Gasteiger partial charge on any atom is -0.465 e. The number of halogens is 1. The third-order valence-corrected chi connectivity index (χ3v) is 3.71. The van der Waals surface area contributed by atoms with Crippen molar-refractivity contribution in [1.29, 1.82) is 0 Å². The molecule has 0 saturated heterocycles. The Morgan fingerprint density at radius 1 is 1.28 bits per heavy atom. The van der Waals surface area contributed by atoms with Crippen LogP contribution in [0.25, 0.3) is 17.0 Å². The molecule has 7 heteroatoms. The molecule has 0 aliphatic heterocycles. The average Bonchev–Trinajstić information content (AvgIpc) is 2.92. The SMILES string of the molecule is CCOC(=O)CNc1c(-c2cccc(F)c2)nc2nc(C)cc(C)n12. The lowest BCUT2D eigenvalue weighted by Gasteiger charge is -2.10. The molecule has 0 atom stereocenters. The number of carbonyl (C=O) groups excluding carboxylic acids is 1. The number of benzene rings is 1. The summed E-state index contributed by atoms with van der Waals surface area (Å²) in [6.45, 7) is 5.85. The van der Waals surface area contributed by atoms with Gasteiger partial charge in [-0.05, 0) is 39.0 Å². The second-order valence-electron chi connectivity index (χ2n) is 5.65. The molecule has 25 heavy (non-hydrogen) atoms. The molecule has 0 aliphatic carbocycles. The highest BCUT2D eigenvalue weighted by Gasteiger charge is 2.18. The zero-order valence-corrected chi connectivity index (χ0v) is 14.3. The van der Waals surface area contributed by atoms with Crippen molar-refractivity contribution in [2.24, 2.45) is 0 Å². The van der Waals surface area contributed by atoms with Crippen LogP contribution >= 0.6 is 0 Å². The van der Waals surface area contributed by atoms with Gasteiger partial charge < -0.3 is 10.1 Å². The lowest BCUT2D eigenvalue weighted by atomic mass is 10.1. The van der Waals surface area contributed by atoms with Crippen LogP contribution in [0.4, 0.5) is 10.2 Å². The Hall–Kier alpha value is -2.96. The van der Waals surface area contributed by atoms with Crippen LogP contribution in [0.5, 0.6) is 0 Å². The highest BCUT2D eigenvalue weighted by molar-refractivity contribution is 5.80. The fourth-order valence-electron chi connectivity index (χ4n) is 2.74. The number of ether oxygens (including phenoxy) is 1. The Morgan fingerprint density at radius 2 is 2.08 bits per heavy atom. The standard InChI is InChI=1S/C18H19FN4O2/c1-4-25-15(24)10-20-17-16(13-6-5-7-14(19)9-13)22-18-21-11(2)8-12(3)23(17)18/h5-9,20H,4,10H2,1-3H3. The Morgan fingerprint density at radius 3 is 2.80 bits per heavy atom. The molecule has 0 radical (unpaired) electrons. The number of hydrogen-bond donors (Lipinski definition) is 1. The van der Waals surface area contributed by atoms with Crippen LogP contribution in [0.1, 0.15) is 18.3 Å². The number of imidazole rings is 1. The van der Waals surface area contributed by atoms with E-state index in [9.17, 15) is 9.18 Å². The molecule has 1 aromatic carbocycles. The van der Waals surface area contributed by atoms with Crippen LogP contribution in [-0.2, 0) is 9.53 Å². The summed E-state index contributed by atoms with van der Waals surface area (Å²) in [5.74, 6) is 0.342. The minimum atomic E-state index is -0.375. The first-order valence-corrected chi connectivity index (χ1v) is 8.01. The predicted molar refractivity (Wildman–Crippen MR) is 93.0 cm³/mol. The van der Waals surface area contributed by atoms with Crippen LogP contribution in [0.3, 0.4) is 0 Å². The van der Waals surface area contributed by atoms with Gasteiger partial charge in [-0.3, -0.25) is 9.20 Å². The van der Waals surface area contributed by atoms with Crippen LogP contribution in [0.15, 0.2) is 30.3 Å². The van der Waals surface area contributed by atoms with E-state index in [2.05, 4.69) is 15.3 Å². The van der Waals surface area contributed by atoms with Gasteiger partial charge in [-0.1, -0.05) is 12.1 Å². The molecular weight excluding hydrogens is 323 g/mol. The van der Waals surface area contributed by atoms with Gasteiger partial charge >= 0.3 is 5.97 Å². The number of aromatic nitrogens is 3. The van der Waals surface area contributed by atoms with Crippen LogP contribution < -0.4 is 5.32 Å². The summed E-state index contributed by atoms with van der Waals surface area (Å²) in [6, 6.07) is 8.08. The zero-order valence-electron chi connectivity index (χ0n) is 14.3. The first kappa shape index (κ1) is 16.9. The van der Waals surface area contributed by atoms with Crippen LogP contribution in [0.2, 0.25) is 0 Å². The van der Waals surface area contributed by atoms with E-state index >= 15 is 0 Å². The van der Waals surface area contributed by atoms with E-state index in [1.54, 1.807) is 19.1 Å². The van der Waals surface area contributed by atoms with Gasteiger partial charge in [0, 0.05) is 17.0 Å². The molecule has 2 aromatic heterocycles. The molecule has 3 rings (SSSR count). The molecule has 0 bridgehead atoms. The maximum absolute atomic E-state index is 13.7. The fourth-order valence-corrected chi connectivity index (χ4v) is 2.74. The largest absolute Gasteiger partial charge is 0.465 e. The van der Waals surface area contributed by atoms with E-state index in [1.165, 1.54) is 12.1 Å². The highest BCUT2D eigenvalue weighted by Crippen LogP contribution is 2.29. The summed E-state index contributed by atoms with van der Waals surface area (Å²) < 4.78 is 20.4. The second kappa shape index (κ2) is 6.88. The summed E-state index contributed by atoms with van der Waals surface area (Å²) in [4.78, 5) is 20.7. The average molecular weight is 342 g/mol. The fraction of sp³-hybridized carbons (Fsp3) is 0.278. The topological polar surface area (TPSA) is 68.5 Å². The quantitative estimate of drug-likeness (QED) is 0.722. The summed E-state index contributed by atoms with van der Waals surface area (Å²) in [5.41, 5.74) is 2.88.